The zero-order valence-corrected chi connectivity index (χ0v) is 15.0. The van der Waals surface area contributed by atoms with Crippen molar-refractivity contribution in [3.63, 3.8) is 0 Å². The molecule has 0 aromatic carbocycles. The van der Waals surface area contributed by atoms with E-state index in [1.807, 2.05) is 0 Å². The molecule has 0 radical (unpaired) electrons. The summed E-state index contributed by atoms with van der Waals surface area (Å²) in [5, 5.41) is 0. The van der Waals surface area contributed by atoms with Crippen LogP contribution in [0.1, 0.15) is 85.5 Å². The van der Waals surface area contributed by atoms with E-state index in [4.69, 9.17) is 4.74 Å². The molecule has 0 amide bonds. The topological polar surface area (TPSA) is 43.4 Å². The molecule has 0 fully saturated rings. The molecule has 0 saturated heterocycles. The van der Waals surface area contributed by atoms with Crippen LogP contribution in [0.5, 0.6) is 0 Å². The van der Waals surface area contributed by atoms with Crippen molar-refractivity contribution in [2.24, 2.45) is 5.92 Å². The number of allylic oxidation sites excluding steroid dienone is 1. The molecule has 0 saturated carbocycles. The molecule has 0 aromatic heterocycles. The molecular formula is C19H34O3. The molecule has 0 rings (SSSR count). The van der Waals surface area contributed by atoms with Gasteiger partial charge in [-0.3, -0.25) is 4.79 Å². The summed E-state index contributed by atoms with van der Waals surface area (Å²) in [5.74, 6) is -0.351. The Kier molecular flexibility index (Phi) is 12.8. The zero-order valence-electron chi connectivity index (χ0n) is 15.0. The van der Waals surface area contributed by atoms with E-state index in [0.29, 0.717) is 13.0 Å². The van der Waals surface area contributed by atoms with Gasteiger partial charge in [-0.2, -0.15) is 0 Å². The van der Waals surface area contributed by atoms with Gasteiger partial charge in [-0.05, 0) is 19.3 Å². The van der Waals surface area contributed by atoms with Crippen LogP contribution >= 0.6 is 0 Å². The molecule has 0 aliphatic heterocycles. The van der Waals surface area contributed by atoms with Crippen LogP contribution in [0, 0.1) is 5.92 Å². The van der Waals surface area contributed by atoms with Crippen molar-refractivity contribution < 1.29 is 14.3 Å². The van der Waals surface area contributed by atoms with E-state index < -0.39 is 5.97 Å². The second-order valence-electron chi connectivity index (χ2n) is 5.96. The number of rotatable bonds is 13. The molecular weight excluding hydrogens is 276 g/mol. The van der Waals surface area contributed by atoms with Gasteiger partial charge in [0.15, 0.2) is 5.78 Å². The van der Waals surface area contributed by atoms with Crippen LogP contribution in [0.15, 0.2) is 11.6 Å². The van der Waals surface area contributed by atoms with Crippen molar-refractivity contribution in [1.29, 1.82) is 0 Å². The van der Waals surface area contributed by atoms with Gasteiger partial charge in [0.2, 0.25) is 0 Å². The van der Waals surface area contributed by atoms with Gasteiger partial charge in [-0.25, -0.2) is 4.79 Å². The molecule has 0 aliphatic rings. The van der Waals surface area contributed by atoms with Crippen molar-refractivity contribution >= 4 is 11.8 Å². The van der Waals surface area contributed by atoms with E-state index in [0.717, 1.165) is 12.8 Å². The van der Waals surface area contributed by atoms with Gasteiger partial charge in [0.05, 0.1) is 12.2 Å². The fourth-order valence-electron chi connectivity index (χ4n) is 2.47. The first kappa shape index (κ1) is 20.9. The highest BCUT2D eigenvalue weighted by Gasteiger charge is 2.18. The van der Waals surface area contributed by atoms with E-state index in [1.54, 1.807) is 19.9 Å². The van der Waals surface area contributed by atoms with E-state index in [-0.39, 0.29) is 17.3 Å². The van der Waals surface area contributed by atoms with Gasteiger partial charge in [-0.1, -0.05) is 71.8 Å². The van der Waals surface area contributed by atoms with E-state index in [2.05, 4.69) is 13.8 Å². The summed E-state index contributed by atoms with van der Waals surface area (Å²) in [6.45, 7) is 8.13. The summed E-state index contributed by atoms with van der Waals surface area (Å²) in [6.07, 6.45) is 12.1. The lowest BCUT2D eigenvalue weighted by molar-refractivity contribution is -0.140. The number of unbranched alkanes of at least 4 members (excludes halogenated alkanes) is 6. The minimum atomic E-state index is -0.472. The van der Waals surface area contributed by atoms with Gasteiger partial charge >= 0.3 is 5.97 Å². The maximum atomic E-state index is 11.9. The molecule has 0 aliphatic carbocycles. The largest absolute Gasteiger partial charge is 0.462 e. The third-order valence-electron chi connectivity index (χ3n) is 3.83. The van der Waals surface area contributed by atoms with Crippen molar-refractivity contribution in [3.8, 4) is 0 Å². The minimum absolute atomic E-state index is 0.120. The quantitative estimate of drug-likeness (QED) is 0.154. The van der Waals surface area contributed by atoms with Gasteiger partial charge in [0, 0.05) is 6.42 Å². The number of carbonyl (C=O) groups is 2. The maximum Gasteiger partial charge on any atom is 0.341 e. The van der Waals surface area contributed by atoms with E-state index >= 15 is 0 Å². The van der Waals surface area contributed by atoms with Crippen LogP contribution in [0.4, 0.5) is 0 Å². The molecule has 128 valence electrons. The number of hydrogen-bond donors (Lipinski definition) is 0. The SMILES string of the molecule is CCCCCCCCCC(C)/C=C(/C(=O)CC)C(=O)OCC. The van der Waals surface area contributed by atoms with Crippen LogP contribution in [-0.4, -0.2) is 18.4 Å². The highest BCUT2D eigenvalue weighted by atomic mass is 16.5. The second kappa shape index (κ2) is 13.5. The van der Waals surface area contributed by atoms with Crippen molar-refractivity contribution in [2.45, 2.75) is 85.5 Å². The maximum absolute atomic E-state index is 11.9. The van der Waals surface area contributed by atoms with Gasteiger partial charge in [0.25, 0.3) is 0 Å². The second-order valence-corrected chi connectivity index (χ2v) is 5.96. The average molecular weight is 310 g/mol. The molecule has 0 N–H and O–H groups in total. The number of ketones is 1. The summed E-state index contributed by atoms with van der Waals surface area (Å²) in [5.41, 5.74) is 0.236. The lowest BCUT2D eigenvalue weighted by Crippen LogP contribution is -2.16. The first-order chi connectivity index (χ1) is 10.6. The molecule has 0 aromatic rings. The zero-order chi connectivity index (χ0) is 16.8. The van der Waals surface area contributed by atoms with Gasteiger partial charge in [-0.15, -0.1) is 0 Å². The molecule has 1 atom stereocenters. The number of Topliss-reactive ketones (excluding diaryl/α,β-unsaturated/α-hetero) is 1. The highest BCUT2D eigenvalue weighted by molar-refractivity contribution is 6.17. The standard InChI is InChI=1S/C19H34O3/c1-5-8-9-10-11-12-13-14-16(4)15-17(18(20)6-2)19(21)22-7-3/h15-16H,5-14H2,1-4H3/b17-15-. The Labute approximate surface area is 136 Å². The molecule has 3 heteroatoms. The van der Waals surface area contributed by atoms with Crippen molar-refractivity contribution in [3.05, 3.63) is 11.6 Å². The lowest BCUT2D eigenvalue weighted by Gasteiger charge is -2.10. The molecule has 0 spiro atoms. The first-order valence-electron chi connectivity index (χ1n) is 8.98. The fourth-order valence-corrected chi connectivity index (χ4v) is 2.47. The molecule has 1 unspecified atom stereocenters. The fraction of sp³-hybridized carbons (Fsp3) is 0.789. The van der Waals surface area contributed by atoms with Crippen LogP contribution < -0.4 is 0 Å². The third kappa shape index (κ3) is 9.75. The van der Waals surface area contributed by atoms with Crippen LogP contribution in [0.25, 0.3) is 0 Å². The molecule has 0 bridgehead atoms. The molecule has 0 heterocycles. The average Bonchev–Trinajstić information content (AvgIpc) is 2.51. The number of ether oxygens (including phenoxy) is 1. The van der Waals surface area contributed by atoms with Crippen molar-refractivity contribution in [1.82, 2.24) is 0 Å². The van der Waals surface area contributed by atoms with Gasteiger partial charge in [0.1, 0.15) is 0 Å². The minimum Gasteiger partial charge on any atom is -0.462 e. The Morgan fingerprint density at radius 2 is 1.55 bits per heavy atom. The molecule has 3 nitrogen and oxygen atoms in total. The Balaban J connectivity index is 4.21. The van der Waals surface area contributed by atoms with E-state index in [9.17, 15) is 9.59 Å². The summed E-state index contributed by atoms with van der Waals surface area (Å²) in [4.78, 5) is 23.7. The monoisotopic (exact) mass is 310 g/mol. The predicted molar refractivity (Wildman–Crippen MR) is 91.8 cm³/mol. The normalized spacial score (nSPS) is 13.0. The lowest BCUT2D eigenvalue weighted by atomic mass is 9.97. The Morgan fingerprint density at radius 1 is 0.955 bits per heavy atom. The van der Waals surface area contributed by atoms with E-state index in [1.165, 1.54) is 38.5 Å². The third-order valence-corrected chi connectivity index (χ3v) is 3.83. The Morgan fingerprint density at radius 3 is 2.09 bits per heavy atom. The first-order valence-corrected chi connectivity index (χ1v) is 8.98. The van der Waals surface area contributed by atoms with Crippen LogP contribution in [-0.2, 0) is 14.3 Å². The van der Waals surface area contributed by atoms with Gasteiger partial charge < -0.3 is 4.74 Å². The highest BCUT2D eigenvalue weighted by Crippen LogP contribution is 2.16. The van der Waals surface area contributed by atoms with Crippen LogP contribution in [0.2, 0.25) is 0 Å². The Hall–Kier alpha value is -1.12. The summed E-state index contributed by atoms with van der Waals surface area (Å²) in [6, 6.07) is 0. The summed E-state index contributed by atoms with van der Waals surface area (Å²) < 4.78 is 4.98. The predicted octanol–water partition coefficient (Wildman–Crippen LogP) is 5.23. The Bertz CT molecular complexity index is 345. The number of carbonyl (C=O) groups excluding carboxylic acids is 2. The van der Waals surface area contributed by atoms with Crippen molar-refractivity contribution in [2.75, 3.05) is 6.61 Å². The summed E-state index contributed by atoms with van der Waals surface area (Å²) >= 11 is 0. The van der Waals surface area contributed by atoms with Crippen LogP contribution in [0.3, 0.4) is 0 Å². The molecule has 22 heavy (non-hydrogen) atoms. The summed E-state index contributed by atoms with van der Waals surface area (Å²) in [7, 11) is 0. The number of hydrogen-bond acceptors (Lipinski definition) is 3. The smallest absolute Gasteiger partial charge is 0.341 e. The number of esters is 1.